The van der Waals surface area contributed by atoms with Crippen molar-refractivity contribution in [1.29, 1.82) is 0 Å². The van der Waals surface area contributed by atoms with Crippen molar-refractivity contribution in [2.45, 2.75) is 44.2 Å². The van der Waals surface area contributed by atoms with Crippen LogP contribution in [0.3, 0.4) is 0 Å². The monoisotopic (exact) mass is 341 g/mol. The normalized spacial score (nSPS) is 23.5. The Morgan fingerprint density at radius 1 is 1.25 bits per heavy atom. The fourth-order valence-electron chi connectivity index (χ4n) is 4.20. The number of aromatic nitrogens is 1. The molecule has 1 spiro atoms. The van der Waals surface area contributed by atoms with Crippen molar-refractivity contribution in [1.82, 2.24) is 15.2 Å². The van der Waals surface area contributed by atoms with Gasteiger partial charge in [-0.2, -0.15) is 0 Å². The number of carbonyl (C=O) groups excluding carboxylic acids is 1. The first-order valence-electron chi connectivity index (χ1n) is 8.63. The van der Waals surface area contributed by atoms with Gasteiger partial charge in [0.25, 0.3) is 0 Å². The molecule has 0 unspecified atom stereocenters. The third kappa shape index (κ3) is 2.98. The van der Waals surface area contributed by atoms with Crippen molar-refractivity contribution < 1.29 is 4.79 Å². The van der Waals surface area contributed by atoms with Crippen LogP contribution < -0.4 is 5.32 Å². The van der Waals surface area contributed by atoms with E-state index in [1.807, 2.05) is 23.7 Å². The van der Waals surface area contributed by atoms with E-state index in [1.54, 1.807) is 0 Å². The van der Waals surface area contributed by atoms with Crippen molar-refractivity contribution in [2.24, 2.45) is 0 Å². The summed E-state index contributed by atoms with van der Waals surface area (Å²) in [6.45, 7) is 5.27. The van der Waals surface area contributed by atoms with Crippen LogP contribution in [0.1, 0.15) is 40.5 Å². The molecular formula is C19H23N3OS. The quantitative estimate of drug-likeness (QED) is 0.933. The van der Waals surface area contributed by atoms with Crippen molar-refractivity contribution in [2.75, 3.05) is 13.1 Å². The van der Waals surface area contributed by atoms with E-state index in [4.69, 9.17) is 0 Å². The van der Waals surface area contributed by atoms with E-state index < -0.39 is 0 Å². The van der Waals surface area contributed by atoms with E-state index in [0.717, 1.165) is 32.5 Å². The third-order valence-electron chi connectivity index (χ3n) is 5.48. The molecule has 5 heteroatoms. The van der Waals surface area contributed by atoms with E-state index in [1.165, 1.54) is 15.3 Å². The lowest BCUT2D eigenvalue weighted by Crippen LogP contribution is -2.53. The highest BCUT2D eigenvalue weighted by molar-refractivity contribution is 7.11. The summed E-state index contributed by atoms with van der Waals surface area (Å²) in [4.78, 5) is 21.6. The van der Waals surface area contributed by atoms with Gasteiger partial charge >= 0.3 is 0 Å². The maximum absolute atomic E-state index is 12.1. The number of aryl methyl sites for hydroxylation is 1. The number of hydrogen-bond donors (Lipinski definition) is 1. The fourth-order valence-corrected chi connectivity index (χ4v) is 5.14. The number of nitrogens with one attached hydrogen (secondary N) is 1. The number of pyridine rings is 1. The number of carbonyl (C=O) groups is 1. The Morgan fingerprint density at radius 2 is 2.00 bits per heavy atom. The van der Waals surface area contributed by atoms with Gasteiger partial charge in [-0.05, 0) is 49.6 Å². The molecule has 2 aromatic rings. The average molecular weight is 341 g/mol. The second kappa shape index (κ2) is 6.30. The van der Waals surface area contributed by atoms with E-state index >= 15 is 0 Å². The highest BCUT2D eigenvalue weighted by atomic mass is 32.1. The van der Waals surface area contributed by atoms with Crippen LogP contribution in [0.25, 0.3) is 0 Å². The zero-order valence-corrected chi connectivity index (χ0v) is 14.8. The standard InChI is InChI=1S/C19H23N3OS/c1-14-2-3-16(24-14)13-22-10-6-19(7-11-22)17(12-18(23)21-19)15-4-8-20-9-5-15/h2-5,8-9,17H,6-7,10-13H2,1H3,(H,21,23)/t17-/m1/s1. The number of nitrogens with zero attached hydrogens (tertiary/aromatic N) is 2. The maximum Gasteiger partial charge on any atom is 0.221 e. The first-order chi connectivity index (χ1) is 11.6. The predicted molar refractivity (Wildman–Crippen MR) is 96.0 cm³/mol. The van der Waals surface area contributed by atoms with E-state index in [-0.39, 0.29) is 17.4 Å². The van der Waals surface area contributed by atoms with Gasteiger partial charge in [-0.3, -0.25) is 14.7 Å². The number of amides is 1. The molecule has 2 saturated heterocycles. The second-order valence-electron chi connectivity index (χ2n) is 7.03. The molecule has 1 amide bonds. The van der Waals surface area contributed by atoms with Crippen LogP contribution in [-0.4, -0.2) is 34.4 Å². The van der Waals surface area contributed by atoms with Crippen LogP contribution >= 0.6 is 11.3 Å². The van der Waals surface area contributed by atoms with Crippen LogP contribution in [0.2, 0.25) is 0 Å². The second-order valence-corrected chi connectivity index (χ2v) is 8.40. The lowest BCUT2D eigenvalue weighted by molar-refractivity contribution is -0.120. The molecule has 4 nitrogen and oxygen atoms in total. The minimum atomic E-state index is -0.0691. The Morgan fingerprint density at radius 3 is 2.67 bits per heavy atom. The fraction of sp³-hybridized carbons (Fsp3) is 0.474. The van der Waals surface area contributed by atoms with Gasteiger partial charge in [0.2, 0.25) is 5.91 Å². The maximum atomic E-state index is 12.1. The molecule has 2 aliphatic heterocycles. The van der Waals surface area contributed by atoms with Crippen LogP contribution in [0, 0.1) is 6.92 Å². The molecule has 4 heterocycles. The molecule has 2 fully saturated rings. The SMILES string of the molecule is Cc1ccc(CN2CCC3(CC2)NC(=O)C[C@@H]3c2ccncc2)s1. The topological polar surface area (TPSA) is 45.2 Å². The molecule has 2 aromatic heterocycles. The minimum absolute atomic E-state index is 0.0691. The van der Waals surface area contributed by atoms with Gasteiger partial charge in [-0.15, -0.1) is 11.3 Å². The van der Waals surface area contributed by atoms with Crippen molar-refractivity contribution in [3.05, 3.63) is 52.0 Å². The Kier molecular flexibility index (Phi) is 4.14. The molecule has 0 bridgehead atoms. The lowest BCUT2D eigenvalue weighted by Gasteiger charge is -2.43. The van der Waals surface area contributed by atoms with Gasteiger partial charge in [0.05, 0.1) is 0 Å². The molecule has 4 rings (SSSR count). The van der Waals surface area contributed by atoms with Crippen LogP contribution in [0.15, 0.2) is 36.7 Å². The smallest absolute Gasteiger partial charge is 0.221 e. The lowest BCUT2D eigenvalue weighted by atomic mass is 9.74. The molecule has 0 radical (unpaired) electrons. The first-order valence-corrected chi connectivity index (χ1v) is 9.45. The molecule has 24 heavy (non-hydrogen) atoms. The number of hydrogen-bond acceptors (Lipinski definition) is 4. The van der Waals surface area contributed by atoms with E-state index in [2.05, 4.69) is 46.4 Å². The van der Waals surface area contributed by atoms with Gasteiger partial charge in [0.15, 0.2) is 0 Å². The van der Waals surface area contributed by atoms with Crippen LogP contribution in [-0.2, 0) is 11.3 Å². The molecular weight excluding hydrogens is 318 g/mol. The van der Waals surface area contributed by atoms with Gasteiger partial charge in [0, 0.05) is 59.7 Å². The Bertz CT molecular complexity index is 719. The summed E-state index contributed by atoms with van der Waals surface area (Å²) >= 11 is 1.88. The van der Waals surface area contributed by atoms with Crippen LogP contribution in [0.4, 0.5) is 0 Å². The summed E-state index contributed by atoms with van der Waals surface area (Å²) in [7, 11) is 0. The average Bonchev–Trinajstić information content (AvgIpc) is 3.14. The Labute approximate surface area is 146 Å². The molecule has 0 saturated carbocycles. The van der Waals surface area contributed by atoms with E-state index in [0.29, 0.717) is 6.42 Å². The summed E-state index contributed by atoms with van der Waals surface area (Å²) in [6, 6.07) is 8.56. The van der Waals surface area contributed by atoms with Crippen molar-refractivity contribution in [3.8, 4) is 0 Å². The zero-order valence-electron chi connectivity index (χ0n) is 14.0. The van der Waals surface area contributed by atoms with Gasteiger partial charge in [-0.1, -0.05) is 0 Å². The molecule has 0 aliphatic carbocycles. The molecule has 1 N–H and O–H groups in total. The number of rotatable bonds is 3. The highest BCUT2D eigenvalue weighted by Gasteiger charge is 2.48. The predicted octanol–water partition coefficient (Wildman–Crippen LogP) is 3.09. The largest absolute Gasteiger partial charge is 0.350 e. The summed E-state index contributed by atoms with van der Waals surface area (Å²) in [5.41, 5.74) is 1.17. The van der Waals surface area contributed by atoms with Gasteiger partial charge in [0.1, 0.15) is 0 Å². The Balaban J connectivity index is 1.47. The van der Waals surface area contributed by atoms with Crippen LogP contribution in [0.5, 0.6) is 0 Å². The molecule has 1 atom stereocenters. The zero-order chi connectivity index (χ0) is 16.6. The molecule has 0 aromatic carbocycles. The number of likely N-dealkylation sites (tertiary alicyclic amines) is 1. The first kappa shape index (κ1) is 15.8. The highest BCUT2D eigenvalue weighted by Crippen LogP contribution is 2.43. The summed E-state index contributed by atoms with van der Waals surface area (Å²) in [5.74, 6) is 0.471. The van der Waals surface area contributed by atoms with Crippen molar-refractivity contribution >= 4 is 17.2 Å². The van der Waals surface area contributed by atoms with E-state index in [9.17, 15) is 4.79 Å². The Hall–Kier alpha value is -1.72. The molecule has 2 aliphatic rings. The summed E-state index contributed by atoms with van der Waals surface area (Å²) in [5, 5.41) is 3.32. The number of thiophene rings is 1. The summed E-state index contributed by atoms with van der Waals surface area (Å²) in [6.07, 6.45) is 6.32. The third-order valence-corrected chi connectivity index (χ3v) is 6.46. The van der Waals surface area contributed by atoms with Gasteiger partial charge < -0.3 is 5.32 Å². The van der Waals surface area contributed by atoms with Gasteiger partial charge in [-0.25, -0.2) is 0 Å². The number of piperidine rings is 1. The summed E-state index contributed by atoms with van der Waals surface area (Å²) < 4.78 is 0. The van der Waals surface area contributed by atoms with Crippen molar-refractivity contribution in [3.63, 3.8) is 0 Å². The molecule has 126 valence electrons. The minimum Gasteiger partial charge on any atom is -0.350 e.